The Kier molecular flexibility index (Phi) is 27.8. The molecule has 0 aromatic heterocycles. The van der Waals surface area contributed by atoms with Gasteiger partial charge in [0.2, 0.25) is 0 Å². The highest BCUT2D eigenvalue weighted by Crippen LogP contribution is 2.10. The molecule has 0 saturated carbocycles. The summed E-state index contributed by atoms with van der Waals surface area (Å²) in [6.07, 6.45) is 31.9. The molecule has 0 saturated heterocycles. The zero-order chi connectivity index (χ0) is 31.1. The maximum atomic E-state index is 12.0. The fourth-order valence-electron chi connectivity index (χ4n) is 3.75. The molecular formula is C35H56O7. The van der Waals surface area contributed by atoms with Gasteiger partial charge in [0, 0.05) is 12.8 Å². The number of aliphatic hydroxyl groups excluding tert-OH is 3. The fraction of sp³-hybridized carbons (Fsp3) is 0.600. The van der Waals surface area contributed by atoms with Crippen LogP contribution in [0.2, 0.25) is 0 Å². The van der Waals surface area contributed by atoms with Crippen LogP contribution in [0, 0.1) is 0 Å². The molecule has 0 aliphatic rings. The topological polar surface area (TPSA) is 113 Å². The minimum absolute atomic E-state index is 0.145. The van der Waals surface area contributed by atoms with Crippen LogP contribution in [0.15, 0.2) is 72.9 Å². The molecule has 238 valence electrons. The van der Waals surface area contributed by atoms with Gasteiger partial charge >= 0.3 is 11.9 Å². The van der Waals surface area contributed by atoms with E-state index in [4.69, 9.17) is 9.47 Å². The molecular weight excluding hydrogens is 532 g/mol. The number of ether oxygens (including phenoxy) is 2. The number of hydrogen-bond acceptors (Lipinski definition) is 7. The molecule has 0 amide bonds. The molecule has 0 unspecified atom stereocenters. The lowest BCUT2D eigenvalue weighted by atomic mass is 10.1. The van der Waals surface area contributed by atoms with E-state index in [0.29, 0.717) is 32.1 Å². The van der Waals surface area contributed by atoms with Crippen LogP contribution in [-0.2, 0) is 19.1 Å². The molecule has 0 aliphatic carbocycles. The van der Waals surface area contributed by atoms with Crippen molar-refractivity contribution in [2.45, 2.75) is 122 Å². The van der Waals surface area contributed by atoms with Crippen LogP contribution in [0.25, 0.3) is 0 Å². The Morgan fingerprint density at radius 2 is 1.29 bits per heavy atom. The highest BCUT2D eigenvalue weighted by atomic mass is 16.6. The predicted octanol–water partition coefficient (Wildman–Crippen LogP) is 6.99. The van der Waals surface area contributed by atoms with Gasteiger partial charge in [-0.3, -0.25) is 9.59 Å². The Labute approximate surface area is 254 Å². The van der Waals surface area contributed by atoms with Crippen molar-refractivity contribution in [2.24, 2.45) is 0 Å². The maximum Gasteiger partial charge on any atom is 0.306 e. The van der Waals surface area contributed by atoms with Crippen molar-refractivity contribution >= 4 is 11.9 Å². The van der Waals surface area contributed by atoms with E-state index in [1.165, 1.54) is 25.7 Å². The summed E-state index contributed by atoms with van der Waals surface area (Å²) in [6.45, 7) is 3.71. The molecule has 0 radical (unpaired) electrons. The number of unbranched alkanes of at least 4 members (excludes halogenated alkanes) is 6. The summed E-state index contributed by atoms with van der Waals surface area (Å²) in [7, 11) is 0. The van der Waals surface area contributed by atoms with Gasteiger partial charge < -0.3 is 24.8 Å². The second-order valence-electron chi connectivity index (χ2n) is 10.2. The average molecular weight is 589 g/mol. The smallest absolute Gasteiger partial charge is 0.306 e. The summed E-state index contributed by atoms with van der Waals surface area (Å²) < 4.78 is 10.4. The molecule has 0 bridgehead atoms. The molecule has 0 fully saturated rings. The van der Waals surface area contributed by atoms with Crippen molar-refractivity contribution in [3.63, 3.8) is 0 Å². The first-order chi connectivity index (χ1) is 20.4. The molecule has 0 aliphatic heterocycles. The van der Waals surface area contributed by atoms with Crippen molar-refractivity contribution in [1.82, 2.24) is 0 Å². The predicted molar refractivity (Wildman–Crippen MR) is 171 cm³/mol. The summed E-state index contributed by atoms with van der Waals surface area (Å²) >= 11 is 0. The number of carbonyl (C=O) groups excluding carboxylic acids is 2. The van der Waals surface area contributed by atoms with E-state index < -0.39 is 24.3 Å². The Bertz CT molecular complexity index is 838. The summed E-state index contributed by atoms with van der Waals surface area (Å²) in [5.41, 5.74) is 0. The molecule has 0 rings (SSSR count). The molecule has 0 aromatic rings. The standard InChI is InChI=1S/C35H56O7/c1-3-5-7-8-9-14-22-28-35(40)42-33(29-36)30-41-34(39)27-21-13-11-10-12-18-24-32(38)26-20-16-15-19-25-31(37)23-17-6-4-2/h6,11-13,15-20,25-26,31-33,36-38H,3-5,7-10,14,21-24,27-30H2,1-2H3/b13-11-,16-15-,17-6-,18-12-,25-19+,26-20+/t31-,32+,33+/m1/s1. The Hall–Kier alpha value is -2.74. The van der Waals surface area contributed by atoms with Gasteiger partial charge in [0.1, 0.15) is 6.61 Å². The fourth-order valence-corrected chi connectivity index (χ4v) is 3.75. The van der Waals surface area contributed by atoms with E-state index in [9.17, 15) is 24.9 Å². The van der Waals surface area contributed by atoms with E-state index in [1.54, 1.807) is 30.4 Å². The van der Waals surface area contributed by atoms with Gasteiger partial charge in [-0.1, -0.05) is 125 Å². The molecule has 7 heteroatoms. The lowest BCUT2D eigenvalue weighted by molar-refractivity contribution is -0.161. The Balaban J connectivity index is 3.95. The van der Waals surface area contributed by atoms with Crippen LogP contribution in [0.4, 0.5) is 0 Å². The molecule has 0 spiro atoms. The van der Waals surface area contributed by atoms with Crippen molar-refractivity contribution in [2.75, 3.05) is 13.2 Å². The molecule has 3 atom stereocenters. The minimum atomic E-state index is -0.832. The number of esters is 2. The molecule has 0 heterocycles. The number of rotatable bonds is 26. The van der Waals surface area contributed by atoms with E-state index in [1.807, 2.05) is 42.5 Å². The second kappa shape index (κ2) is 29.7. The largest absolute Gasteiger partial charge is 0.462 e. The number of allylic oxidation sites excluding steroid dienone is 8. The van der Waals surface area contributed by atoms with Gasteiger partial charge in [0.15, 0.2) is 6.10 Å². The molecule has 3 N–H and O–H groups in total. The Morgan fingerprint density at radius 3 is 1.90 bits per heavy atom. The molecule has 0 aromatic carbocycles. The number of hydrogen-bond donors (Lipinski definition) is 3. The normalized spacial score (nSPS) is 14.7. The van der Waals surface area contributed by atoms with Gasteiger partial charge in [0.05, 0.1) is 18.8 Å². The first kappa shape index (κ1) is 39.3. The average Bonchev–Trinajstić information content (AvgIpc) is 2.97. The summed E-state index contributed by atoms with van der Waals surface area (Å²) in [4.78, 5) is 23.9. The highest BCUT2D eigenvalue weighted by Gasteiger charge is 2.15. The van der Waals surface area contributed by atoms with E-state index >= 15 is 0 Å². The van der Waals surface area contributed by atoms with E-state index in [-0.39, 0.29) is 25.6 Å². The van der Waals surface area contributed by atoms with Crippen molar-refractivity contribution in [3.8, 4) is 0 Å². The van der Waals surface area contributed by atoms with Gasteiger partial charge in [-0.15, -0.1) is 0 Å². The third-order valence-electron chi connectivity index (χ3n) is 6.19. The minimum Gasteiger partial charge on any atom is -0.462 e. The van der Waals surface area contributed by atoms with Crippen LogP contribution in [-0.4, -0.2) is 58.8 Å². The van der Waals surface area contributed by atoms with Crippen LogP contribution in [0.5, 0.6) is 0 Å². The summed E-state index contributed by atoms with van der Waals surface area (Å²) in [5.74, 6) is -0.775. The van der Waals surface area contributed by atoms with Crippen molar-refractivity contribution in [3.05, 3.63) is 72.9 Å². The van der Waals surface area contributed by atoms with Crippen LogP contribution in [0.1, 0.15) is 104 Å². The van der Waals surface area contributed by atoms with Crippen molar-refractivity contribution < 1.29 is 34.4 Å². The van der Waals surface area contributed by atoms with Gasteiger partial charge in [-0.2, -0.15) is 0 Å². The monoisotopic (exact) mass is 588 g/mol. The second-order valence-corrected chi connectivity index (χ2v) is 10.2. The maximum absolute atomic E-state index is 12.0. The van der Waals surface area contributed by atoms with Crippen LogP contribution < -0.4 is 0 Å². The number of aliphatic hydroxyl groups is 3. The van der Waals surface area contributed by atoms with Gasteiger partial charge in [-0.25, -0.2) is 0 Å². The number of carbonyl (C=O) groups is 2. The van der Waals surface area contributed by atoms with Crippen LogP contribution >= 0.6 is 0 Å². The van der Waals surface area contributed by atoms with Crippen molar-refractivity contribution in [1.29, 1.82) is 0 Å². The first-order valence-electron chi connectivity index (χ1n) is 15.7. The zero-order valence-electron chi connectivity index (χ0n) is 25.9. The highest BCUT2D eigenvalue weighted by molar-refractivity contribution is 5.70. The van der Waals surface area contributed by atoms with Crippen LogP contribution in [0.3, 0.4) is 0 Å². The quantitative estimate of drug-likeness (QED) is 0.0432. The third kappa shape index (κ3) is 27.4. The zero-order valence-corrected chi connectivity index (χ0v) is 25.9. The lowest BCUT2D eigenvalue weighted by Crippen LogP contribution is -2.28. The third-order valence-corrected chi connectivity index (χ3v) is 6.19. The lowest BCUT2D eigenvalue weighted by Gasteiger charge is -2.15. The summed E-state index contributed by atoms with van der Waals surface area (Å²) in [6, 6.07) is 0. The van der Waals surface area contributed by atoms with Gasteiger partial charge in [0.25, 0.3) is 0 Å². The molecule has 42 heavy (non-hydrogen) atoms. The van der Waals surface area contributed by atoms with E-state index in [0.717, 1.165) is 25.7 Å². The van der Waals surface area contributed by atoms with Gasteiger partial charge in [-0.05, 0) is 38.5 Å². The first-order valence-corrected chi connectivity index (χ1v) is 15.7. The SMILES string of the molecule is CC/C=C\C[C@@H](O)/C=C/C=C\C=C\[C@@H](O)C/C=C\C/C=C\CCC(=O)OC[C@H](CO)OC(=O)CCCCCCCCC. The van der Waals surface area contributed by atoms with E-state index in [2.05, 4.69) is 13.8 Å². The molecule has 7 nitrogen and oxygen atoms in total. The Morgan fingerprint density at radius 1 is 0.690 bits per heavy atom. The summed E-state index contributed by atoms with van der Waals surface area (Å²) in [5, 5.41) is 29.2.